The molecule has 0 amide bonds. The number of hydrogen-bond acceptors (Lipinski definition) is 2. The minimum absolute atomic E-state index is 0.324. The standard InChI is InChI=1S/C15H30N2/c1-14(2)8-6-10-17(11-14)12-7-5-9-15(3,4)13(12)16/h12-13H,5-11,16H2,1-4H3. The van der Waals surface area contributed by atoms with Crippen molar-refractivity contribution in [2.45, 2.75) is 71.9 Å². The average Bonchev–Trinajstić information content (AvgIpc) is 2.20. The molecule has 2 N–H and O–H groups in total. The first-order valence-electron chi connectivity index (χ1n) is 7.31. The van der Waals surface area contributed by atoms with Crippen LogP contribution in [-0.4, -0.2) is 30.1 Å². The molecule has 2 aliphatic rings. The largest absolute Gasteiger partial charge is 0.326 e. The summed E-state index contributed by atoms with van der Waals surface area (Å²) in [7, 11) is 0. The van der Waals surface area contributed by atoms with Crippen molar-refractivity contribution in [1.29, 1.82) is 0 Å². The minimum atomic E-state index is 0.324. The molecule has 0 aromatic carbocycles. The molecule has 0 spiro atoms. The summed E-state index contributed by atoms with van der Waals surface area (Å²) in [5.74, 6) is 0. The third-order valence-corrected chi connectivity index (χ3v) is 5.04. The van der Waals surface area contributed by atoms with Crippen LogP contribution in [0.15, 0.2) is 0 Å². The van der Waals surface area contributed by atoms with Crippen LogP contribution in [0.3, 0.4) is 0 Å². The first kappa shape index (κ1) is 13.4. The second-order valence-electron chi connectivity index (χ2n) is 7.71. The number of nitrogens with two attached hydrogens (primary N) is 1. The van der Waals surface area contributed by atoms with Gasteiger partial charge in [-0.2, -0.15) is 0 Å². The lowest BCUT2D eigenvalue weighted by molar-refractivity contribution is 0.0181. The Labute approximate surface area is 107 Å². The molecular weight excluding hydrogens is 208 g/mol. The molecule has 1 saturated carbocycles. The van der Waals surface area contributed by atoms with Crippen LogP contribution in [0.4, 0.5) is 0 Å². The van der Waals surface area contributed by atoms with Gasteiger partial charge in [0.2, 0.25) is 0 Å². The van der Waals surface area contributed by atoms with Crippen LogP contribution in [0.2, 0.25) is 0 Å². The maximum absolute atomic E-state index is 6.53. The van der Waals surface area contributed by atoms with Gasteiger partial charge >= 0.3 is 0 Å². The number of rotatable bonds is 1. The molecule has 1 aliphatic carbocycles. The predicted octanol–water partition coefficient (Wildman–Crippen LogP) is 3.01. The second kappa shape index (κ2) is 4.55. The fraction of sp³-hybridized carbons (Fsp3) is 1.00. The topological polar surface area (TPSA) is 29.3 Å². The molecule has 0 aromatic rings. The normalized spacial score (nSPS) is 37.9. The van der Waals surface area contributed by atoms with Gasteiger partial charge in [-0.3, -0.25) is 4.90 Å². The lowest BCUT2D eigenvalue weighted by Gasteiger charge is -2.50. The zero-order valence-corrected chi connectivity index (χ0v) is 12.1. The van der Waals surface area contributed by atoms with Gasteiger partial charge in [-0.1, -0.05) is 34.1 Å². The van der Waals surface area contributed by atoms with Crippen molar-refractivity contribution in [3.63, 3.8) is 0 Å². The van der Waals surface area contributed by atoms with Gasteiger partial charge in [-0.15, -0.1) is 0 Å². The predicted molar refractivity (Wildman–Crippen MR) is 74.0 cm³/mol. The summed E-state index contributed by atoms with van der Waals surface area (Å²) in [6.07, 6.45) is 6.66. The molecule has 1 saturated heterocycles. The molecule has 0 bridgehead atoms. The van der Waals surface area contributed by atoms with Crippen molar-refractivity contribution in [3.05, 3.63) is 0 Å². The Balaban J connectivity index is 2.06. The zero-order valence-electron chi connectivity index (χ0n) is 12.1. The Hall–Kier alpha value is -0.0800. The van der Waals surface area contributed by atoms with Crippen molar-refractivity contribution in [1.82, 2.24) is 4.90 Å². The van der Waals surface area contributed by atoms with E-state index in [1.807, 2.05) is 0 Å². The van der Waals surface area contributed by atoms with Gasteiger partial charge in [0.25, 0.3) is 0 Å². The van der Waals surface area contributed by atoms with Crippen molar-refractivity contribution < 1.29 is 0 Å². The van der Waals surface area contributed by atoms with E-state index in [1.54, 1.807) is 0 Å². The molecule has 2 fully saturated rings. The Morgan fingerprint density at radius 2 is 1.76 bits per heavy atom. The smallest absolute Gasteiger partial charge is 0.0252 e. The Kier molecular flexibility index (Phi) is 3.57. The fourth-order valence-electron chi connectivity index (χ4n) is 3.80. The molecule has 0 aromatic heterocycles. The minimum Gasteiger partial charge on any atom is -0.326 e. The van der Waals surface area contributed by atoms with Gasteiger partial charge in [0.15, 0.2) is 0 Å². The monoisotopic (exact) mass is 238 g/mol. The Morgan fingerprint density at radius 1 is 1.06 bits per heavy atom. The van der Waals surface area contributed by atoms with E-state index in [1.165, 1.54) is 45.2 Å². The van der Waals surface area contributed by atoms with Crippen molar-refractivity contribution in [3.8, 4) is 0 Å². The molecule has 0 radical (unpaired) electrons. The van der Waals surface area contributed by atoms with Crippen LogP contribution in [0.1, 0.15) is 59.8 Å². The first-order chi connectivity index (χ1) is 7.82. The maximum atomic E-state index is 6.53. The van der Waals surface area contributed by atoms with Crippen molar-refractivity contribution in [2.24, 2.45) is 16.6 Å². The summed E-state index contributed by atoms with van der Waals surface area (Å²) in [6, 6.07) is 0.975. The van der Waals surface area contributed by atoms with Gasteiger partial charge in [-0.05, 0) is 43.1 Å². The molecule has 100 valence electrons. The highest BCUT2D eigenvalue weighted by atomic mass is 15.2. The molecule has 2 atom stereocenters. The number of piperidine rings is 1. The molecule has 1 heterocycles. The van der Waals surface area contributed by atoms with Gasteiger partial charge in [0.1, 0.15) is 0 Å². The van der Waals surface area contributed by atoms with Crippen LogP contribution in [0.5, 0.6) is 0 Å². The molecule has 2 heteroatoms. The highest BCUT2D eigenvalue weighted by Gasteiger charge is 2.41. The van der Waals surface area contributed by atoms with Crippen LogP contribution in [0, 0.1) is 10.8 Å². The van der Waals surface area contributed by atoms with Crippen molar-refractivity contribution in [2.75, 3.05) is 13.1 Å². The van der Waals surface area contributed by atoms with Crippen LogP contribution >= 0.6 is 0 Å². The second-order valence-corrected chi connectivity index (χ2v) is 7.71. The Bertz CT molecular complexity index is 270. The van der Waals surface area contributed by atoms with E-state index in [9.17, 15) is 0 Å². The van der Waals surface area contributed by atoms with Gasteiger partial charge in [-0.25, -0.2) is 0 Å². The van der Waals surface area contributed by atoms with Gasteiger partial charge in [0.05, 0.1) is 0 Å². The lowest BCUT2D eigenvalue weighted by atomic mass is 9.70. The van der Waals surface area contributed by atoms with Crippen LogP contribution in [-0.2, 0) is 0 Å². The van der Waals surface area contributed by atoms with Crippen LogP contribution < -0.4 is 5.73 Å². The van der Waals surface area contributed by atoms with E-state index in [2.05, 4.69) is 32.6 Å². The highest BCUT2D eigenvalue weighted by molar-refractivity contribution is 4.98. The molecule has 2 nitrogen and oxygen atoms in total. The number of likely N-dealkylation sites (tertiary alicyclic amines) is 1. The van der Waals surface area contributed by atoms with E-state index in [4.69, 9.17) is 5.73 Å². The first-order valence-corrected chi connectivity index (χ1v) is 7.31. The summed E-state index contributed by atoms with van der Waals surface area (Å²) in [5.41, 5.74) is 7.34. The highest BCUT2D eigenvalue weighted by Crippen LogP contribution is 2.39. The summed E-state index contributed by atoms with van der Waals surface area (Å²) in [5, 5.41) is 0. The zero-order chi connectivity index (χ0) is 12.7. The average molecular weight is 238 g/mol. The maximum Gasteiger partial charge on any atom is 0.0252 e. The Morgan fingerprint density at radius 3 is 2.41 bits per heavy atom. The van der Waals surface area contributed by atoms with E-state index >= 15 is 0 Å². The number of nitrogens with zero attached hydrogens (tertiary/aromatic N) is 1. The number of hydrogen-bond donors (Lipinski definition) is 1. The lowest BCUT2D eigenvalue weighted by Crippen LogP contribution is -2.59. The van der Waals surface area contributed by atoms with Gasteiger partial charge in [0, 0.05) is 18.6 Å². The molecule has 1 aliphatic heterocycles. The van der Waals surface area contributed by atoms with E-state index in [-0.39, 0.29) is 0 Å². The SMILES string of the molecule is CC1(C)CCCN(C2CCCC(C)(C)C2N)C1. The third-order valence-electron chi connectivity index (χ3n) is 5.04. The summed E-state index contributed by atoms with van der Waals surface area (Å²) in [6.45, 7) is 12.0. The quantitative estimate of drug-likeness (QED) is 0.761. The molecule has 2 unspecified atom stereocenters. The fourth-order valence-corrected chi connectivity index (χ4v) is 3.80. The van der Waals surface area contributed by atoms with E-state index in [0.29, 0.717) is 22.9 Å². The molecule has 2 rings (SSSR count). The third kappa shape index (κ3) is 2.85. The van der Waals surface area contributed by atoms with Crippen LogP contribution in [0.25, 0.3) is 0 Å². The molecule has 17 heavy (non-hydrogen) atoms. The van der Waals surface area contributed by atoms with E-state index in [0.717, 1.165) is 0 Å². The van der Waals surface area contributed by atoms with Gasteiger partial charge < -0.3 is 5.73 Å². The summed E-state index contributed by atoms with van der Waals surface area (Å²) in [4.78, 5) is 2.69. The summed E-state index contributed by atoms with van der Waals surface area (Å²) >= 11 is 0. The molecular formula is C15H30N2. The van der Waals surface area contributed by atoms with E-state index < -0.39 is 0 Å². The summed E-state index contributed by atoms with van der Waals surface area (Å²) < 4.78 is 0. The van der Waals surface area contributed by atoms with Crippen molar-refractivity contribution >= 4 is 0 Å².